The number of benzene rings is 2. The van der Waals surface area contributed by atoms with Gasteiger partial charge in [0, 0.05) is 16.7 Å². The Hall–Kier alpha value is -1.92. The Labute approximate surface area is 149 Å². The number of anilines is 1. The molecule has 2 rings (SSSR count). The lowest BCUT2D eigenvalue weighted by molar-refractivity contribution is -0.117. The van der Waals surface area contributed by atoms with Gasteiger partial charge in [-0.25, -0.2) is 4.39 Å². The molecule has 0 saturated heterocycles. The number of carbonyl (C=O) groups excluding carboxylic acids is 1. The van der Waals surface area contributed by atoms with E-state index in [0.717, 1.165) is 10.2 Å². The van der Waals surface area contributed by atoms with Gasteiger partial charge in [-0.2, -0.15) is 0 Å². The third-order valence-corrected chi connectivity index (χ3v) is 3.95. The number of nitrogens with one attached hydrogen (secondary N) is 1. The summed E-state index contributed by atoms with van der Waals surface area (Å²) in [7, 11) is 1.83. The molecule has 0 spiro atoms. The molecular formula is C18H20BrFN2O2. The Morgan fingerprint density at radius 2 is 1.96 bits per heavy atom. The van der Waals surface area contributed by atoms with Crippen LogP contribution in [0.3, 0.4) is 0 Å². The highest BCUT2D eigenvalue weighted by atomic mass is 79.9. The molecule has 0 heterocycles. The van der Waals surface area contributed by atoms with Gasteiger partial charge in [0.2, 0.25) is 5.91 Å². The lowest BCUT2D eigenvalue weighted by Gasteiger charge is -2.16. The molecule has 2 aromatic carbocycles. The van der Waals surface area contributed by atoms with E-state index in [1.54, 1.807) is 19.1 Å². The van der Waals surface area contributed by atoms with Crippen LogP contribution in [0.2, 0.25) is 0 Å². The van der Waals surface area contributed by atoms with Crippen LogP contribution in [0.5, 0.6) is 5.75 Å². The van der Waals surface area contributed by atoms with Crippen molar-refractivity contribution in [3.05, 3.63) is 58.3 Å². The molecule has 0 saturated carbocycles. The highest BCUT2D eigenvalue weighted by Crippen LogP contribution is 2.16. The summed E-state index contributed by atoms with van der Waals surface area (Å²) in [4.78, 5) is 13.8. The normalized spacial score (nSPS) is 10.7. The Morgan fingerprint density at radius 3 is 2.62 bits per heavy atom. The second-order valence-corrected chi connectivity index (χ2v) is 6.47. The van der Waals surface area contributed by atoms with Crippen LogP contribution in [0, 0.1) is 12.7 Å². The minimum atomic E-state index is -0.330. The molecule has 0 unspecified atom stereocenters. The smallest absolute Gasteiger partial charge is 0.238 e. The fourth-order valence-electron chi connectivity index (χ4n) is 2.05. The Balaban J connectivity index is 1.72. The van der Waals surface area contributed by atoms with Gasteiger partial charge >= 0.3 is 0 Å². The van der Waals surface area contributed by atoms with E-state index in [1.165, 1.54) is 6.07 Å². The molecule has 4 nitrogen and oxygen atoms in total. The number of carbonyl (C=O) groups is 1. The van der Waals surface area contributed by atoms with Gasteiger partial charge in [-0.1, -0.05) is 22.0 Å². The molecular weight excluding hydrogens is 375 g/mol. The van der Waals surface area contributed by atoms with E-state index in [4.69, 9.17) is 4.74 Å². The number of aryl methyl sites for hydroxylation is 1. The summed E-state index contributed by atoms with van der Waals surface area (Å²) in [6, 6.07) is 12.2. The maximum Gasteiger partial charge on any atom is 0.238 e. The van der Waals surface area contributed by atoms with Crippen molar-refractivity contribution in [1.82, 2.24) is 4.90 Å². The first-order valence-electron chi connectivity index (χ1n) is 7.57. The van der Waals surface area contributed by atoms with Gasteiger partial charge in [0.25, 0.3) is 0 Å². The van der Waals surface area contributed by atoms with Gasteiger partial charge < -0.3 is 10.1 Å². The van der Waals surface area contributed by atoms with Gasteiger partial charge in [-0.3, -0.25) is 9.69 Å². The Morgan fingerprint density at radius 1 is 1.25 bits per heavy atom. The van der Waals surface area contributed by atoms with Crippen LogP contribution in [0.25, 0.3) is 0 Å². The number of nitrogens with zero attached hydrogens (tertiary/aromatic N) is 1. The van der Waals surface area contributed by atoms with E-state index < -0.39 is 0 Å². The van der Waals surface area contributed by atoms with E-state index in [-0.39, 0.29) is 18.3 Å². The lowest BCUT2D eigenvalue weighted by atomic mass is 10.2. The zero-order chi connectivity index (χ0) is 17.5. The molecule has 0 aliphatic carbocycles. The van der Waals surface area contributed by atoms with Crippen molar-refractivity contribution in [1.29, 1.82) is 0 Å². The zero-order valence-electron chi connectivity index (χ0n) is 13.7. The summed E-state index contributed by atoms with van der Waals surface area (Å²) in [6.07, 6.45) is 0. The van der Waals surface area contributed by atoms with Crippen LogP contribution in [-0.4, -0.2) is 37.6 Å². The summed E-state index contributed by atoms with van der Waals surface area (Å²) in [5.41, 5.74) is 1.01. The Kier molecular flexibility index (Phi) is 6.75. The fraction of sp³-hybridized carbons (Fsp3) is 0.278. The molecule has 6 heteroatoms. The molecule has 0 atom stereocenters. The molecule has 0 aliphatic heterocycles. The van der Waals surface area contributed by atoms with E-state index in [0.29, 0.717) is 24.4 Å². The molecule has 1 N–H and O–H groups in total. The second kappa shape index (κ2) is 8.80. The van der Waals surface area contributed by atoms with Crippen LogP contribution in [0.4, 0.5) is 10.1 Å². The number of ether oxygens (including phenoxy) is 1. The largest absolute Gasteiger partial charge is 0.492 e. The third kappa shape index (κ3) is 5.94. The van der Waals surface area contributed by atoms with Crippen LogP contribution in [0.1, 0.15) is 5.56 Å². The summed E-state index contributed by atoms with van der Waals surface area (Å²) < 4.78 is 20.1. The molecule has 0 aromatic heterocycles. The quantitative estimate of drug-likeness (QED) is 0.775. The minimum Gasteiger partial charge on any atom is -0.492 e. The number of amides is 1. The number of likely N-dealkylation sites (N-methyl/N-ethyl adjacent to an activating group) is 1. The van der Waals surface area contributed by atoms with Gasteiger partial charge in [0.15, 0.2) is 0 Å². The SMILES string of the molecule is Cc1ccc(NC(=O)CN(C)CCOc2ccc(Br)cc2)cc1F. The number of hydrogen-bond donors (Lipinski definition) is 1. The molecule has 128 valence electrons. The Bertz CT molecular complexity index is 692. The predicted octanol–water partition coefficient (Wildman–Crippen LogP) is 3.85. The van der Waals surface area contributed by atoms with E-state index >= 15 is 0 Å². The van der Waals surface area contributed by atoms with Crippen molar-refractivity contribution < 1.29 is 13.9 Å². The standard InChI is InChI=1S/C18H20BrFN2O2/c1-13-3-6-15(11-17(13)20)21-18(23)12-22(2)9-10-24-16-7-4-14(19)5-8-16/h3-8,11H,9-10,12H2,1-2H3,(H,21,23). The van der Waals surface area contributed by atoms with Crippen molar-refractivity contribution in [2.24, 2.45) is 0 Å². The molecule has 0 bridgehead atoms. The van der Waals surface area contributed by atoms with Gasteiger partial charge in [0.1, 0.15) is 18.2 Å². The summed E-state index contributed by atoms with van der Waals surface area (Å²) in [6.45, 7) is 2.97. The maximum absolute atomic E-state index is 13.5. The van der Waals surface area contributed by atoms with Crippen LogP contribution < -0.4 is 10.1 Å². The van der Waals surface area contributed by atoms with Crippen LogP contribution in [-0.2, 0) is 4.79 Å². The molecule has 0 aliphatic rings. The predicted molar refractivity (Wildman–Crippen MR) is 96.9 cm³/mol. The zero-order valence-corrected chi connectivity index (χ0v) is 15.3. The summed E-state index contributed by atoms with van der Waals surface area (Å²) in [5.74, 6) is 0.264. The number of hydrogen-bond acceptors (Lipinski definition) is 3. The van der Waals surface area contributed by atoms with Gasteiger partial charge in [0.05, 0.1) is 6.54 Å². The van der Waals surface area contributed by atoms with Crippen molar-refractivity contribution in [2.75, 3.05) is 32.1 Å². The first-order chi connectivity index (χ1) is 11.4. The number of rotatable bonds is 7. The first-order valence-corrected chi connectivity index (χ1v) is 8.36. The number of halogens is 2. The molecule has 0 radical (unpaired) electrons. The van der Waals surface area contributed by atoms with E-state index in [1.807, 2.05) is 36.2 Å². The lowest BCUT2D eigenvalue weighted by Crippen LogP contribution is -2.33. The highest BCUT2D eigenvalue weighted by molar-refractivity contribution is 9.10. The molecule has 2 aromatic rings. The van der Waals surface area contributed by atoms with E-state index in [9.17, 15) is 9.18 Å². The maximum atomic E-state index is 13.5. The van der Waals surface area contributed by atoms with Crippen molar-refractivity contribution in [3.8, 4) is 5.75 Å². The average molecular weight is 395 g/mol. The van der Waals surface area contributed by atoms with Crippen molar-refractivity contribution >= 4 is 27.5 Å². The molecule has 24 heavy (non-hydrogen) atoms. The third-order valence-electron chi connectivity index (χ3n) is 3.42. The summed E-state index contributed by atoms with van der Waals surface area (Å²) in [5, 5.41) is 2.69. The second-order valence-electron chi connectivity index (χ2n) is 5.55. The minimum absolute atomic E-state index is 0.190. The molecule has 0 fully saturated rings. The fourth-order valence-corrected chi connectivity index (χ4v) is 2.31. The van der Waals surface area contributed by atoms with Gasteiger partial charge in [-0.05, 0) is 55.9 Å². The topological polar surface area (TPSA) is 41.6 Å². The van der Waals surface area contributed by atoms with Crippen LogP contribution in [0.15, 0.2) is 46.9 Å². The first kappa shape index (κ1) is 18.4. The summed E-state index contributed by atoms with van der Waals surface area (Å²) >= 11 is 3.37. The van der Waals surface area contributed by atoms with Crippen molar-refractivity contribution in [3.63, 3.8) is 0 Å². The average Bonchev–Trinajstić information content (AvgIpc) is 2.53. The highest BCUT2D eigenvalue weighted by Gasteiger charge is 2.08. The van der Waals surface area contributed by atoms with Crippen LogP contribution >= 0.6 is 15.9 Å². The molecule has 1 amide bonds. The van der Waals surface area contributed by atoms with E-state index in [2.05, 4.69) is 21.2 Å². The van der Waals surface area contributed by atoms with Crippen molar-refractivity contribution in [2.45, 2.75) is 6.92 Å². The van der Waals surface area contributed by atoms with Gasteiger partial charge in [-0.15, -0.1) is 0 Å². The monoisotopic (exact) mass is 394 g/mol.